The Morgan fingerprint density at radius 1 is 1.28 bits per heavy atom. The average molecular weight is 367 g/mol. The molecule has 0 aliphatic rings. The Morgan fingerprint density at radius 3 is 2.44 bits per heavy atom. The number of halogens is 2. The summed E-state index contributed by atoms with van der Waals surface area (Å²) in [6.45, 7) is 5.61. The Kier molecular flexibility index (Phi) is 6.36. The molecule has 1 unspecified atom stereocenters. The van der Waals surface area contributed by atoms with Crippen LogP contribution in [0.4, 0.5) is 8.78 Å². The maximum atomic E-state index is 14.3. The van der Waals surface area contributed by atoms with Crippen LogP contribution in [-0.4, -0.2) is 27.4 Å². The number of hydrogen-bond acceptors (Lipinski definition) is 4. The second-order valence-electron chi connectivity index (χ2n) is 5.65. The maximum Gasteiger partial charge on any atom is 0.344 e. The molecule has 2 aromatic rings. The number of rotatable bonds is 7. The van der Waals surface area contributed by atoms with E-state index in [0.29, 0.717) is 10.9 Å². The van der Waals surface area contributed by atoms with Crippen molar-refractivity contribution in [2.75, 3.05) is 0 Å². The van der Waals surface area contributed by atoms with Crippen LogP contribution in [0.3, 0.4) is 0 Å². The van der Waals surface area contributed by atoms with E-state index in [1.54, 1.807) is 30.8 Å². The van der Waals surface area contributed by atoms with Crippen LogP contribution in [0.15, 0.2) is 35.4 Å². The van der Waals surface area contributed by atoms with Gasteiger partial charge in [-0.2, -0.15) is 0 Å². The van der Waals surface area contributed by atoms with Gasteiger partial charge in [-0.05, 0) is 30.7 Å². The minimum atomic E-state index is -1.31. The summed E-state index contributed by atoms with van der Waals surface area (Å²) in [5, 5.41) is 10.1. The van der Waals surface area contributed by atoms with Crippen LogP contribution in [0.5, 0.6) is 5.75 Å². The first-order valence-corrected chi connectivity index (χ1v) is 8.72. The molecule has 2 rings (SSSR count). The molecule has 0 fully saturated rings. The number of nitrogens with zero attached hydrogens (tertiary/aromatic N) is 1. The maximum absolute atomic E-state index is 14.3. The Morgan fingerprint density at radius 2 is 1.92 bits per heavy atom. The molecule has 25 heavy (non-hydrogen) atoms. The monoisotopic (exact) mass is 367 g/mol. The lowest BCUT2D eigenvalue weighted by Gasteiger charge is -2.15. The normalized spacial score (nSPS) is 12.2. The molecule has 0 saturated heterocycles. The van der Waals surface area contributed by atoms with Crippen molar-refractivity contribution in [2.45, 2.75) is 43.6 Å². The molecule has 0 amide bonds. The lowest BCUT2D eigenvalue weighted by molar-refractivity contribution is -0.145. The van der Waals surface area contributed by atoms with E-state index in [1.807, 2.05) is 19.9 Å². The van der Waals surface area contributed by atoms with Gasteiger partial charge < -0.3 is 9.84 Å². The smallest absolute Gasteiger partial charge is 0.344 e. The van der Waals surface area contributed by atoms with Gasteiger partial charge in [-0.15, -0.1) is 11.8 Å². The highest BCUT2D eigenvalue weighted by molar-refractivity contribution is 7.99. The van der Waals surface area contributed by atoms with Crippen molar-refractivity contribution in [3.8, 4) is 17.0 Å². The second kappa shape index (κ2) is 8.29. The van der Waals surface area contributed by atoms with Gasteiger partial charge in [0.25, 0.3) is 0 Å². The lowest BCUT2D eigenvalue weighted by atomic mass is 10.1. The zero-order valence-electron chi connectivity index (χ0n) is 14.1. The fourth-order valence-corrected chi connectivity index (χ4v) is 2.94. The van der Waals surface area contributed by atoms with Gasteiger partial charge in [0.2, 0.25) is 0 Å². The van der Waals surface area contributed by atoms with Gasteiger partial charge in [-0.3, -0.25) is 0 Å². The molecular formula is C18H19F2NO3S. The quantitative estimate of drug-likeness (QED) is 0.715. The van der Waals surface area contributed by atoms with Crippen LogP contribution in [0.2, 0.25) is 0 Å². The molecule has 134 valence electrons. The summed E-state index contributed by atoms with van der Waals surface area (Å²) in [6.07, 6.45) is -1.22. The number of ether oxygens (including phenoxy) is 1. The van der Waals surface area contributed by atoms with Gasteiger partial charge in [0.05, 0.1) is 10.7 Å². The summed E-state index contributed by atoms with van der Waals surface area (Å²) in [5.74, 6) is -3.88. The Hall–Kier alpha value is -2.15. The third-order valence-electron chi connectivity index (χ3n) is 3.28. The summed E-state index contributed by atoms with van der Waals surface area (Å²) in [6, 6.07) is 7.45. The number of aliphatic carboxylic acids is 1. The topological polar surface area (TPSA) is 59.4 Å². The SMILES string of the molecule is CCC(Oc1c(F)cc(-c2cccc(SC(C)C)n2)cc1F)C(=O)O. The highest BCUT2D eigenvalue weighted by atomic mass is 32.2. The van der Waals surface area contributed by atoms with Gasteiger partial charge in [0.15, 0.2) is 23.5 Å². The molecule has 0 radical (unpaired) electrons. The van der Waals surface area contributed by atoms with E-state index in [2.05, 4.69) is 4.98 Å². The zero-order chi connectivity index (χ0) is 18.6. The van der Waals surface area contributed by atoms with Crippen molar-refractivity contribution in [3.05, 3.63) is 42.0 Å². The van der Waals surface area contributed by atoms with Crippen LogP contribution in [-0.2, 0) is 4.79 Å². The molecule has 1 heterocycles. The number of carboxylic acid groups (broad SMARTS) is 1. The van der Waals surface area contributed by atoms with Gasteiger partial charge in [0, 0.05) is 10.8 Å². The number of hydrogen-bond donors (Lipinski definition) is 1. The number of thioether (sulfide) groups is 1. The average Bonchev–Trinajstić information content (AvgIpc) is 2.53. The Balaban J connectivity index is 2.35. The molecule has 1 N–H and O–H groups in total. The van der Waals surface area contributed by atoms with E-state index in [-0.39, 0.29) is 12.0 Å². The lowest BCUT2D eigenvalue weighted by Crippen LogP contribution is -2.26. The molecule has 0 aliphatic heterocycles. The minimum Gasteiger partial charge on any atom is -0.479 e. The van der Waals surface area contributed by atoms with E-state index >= 15 is 0 Å². The number of carboxylic acids is 1. The fraction of sp³-hybridized carbons (Fsp3) is 0.333. The molecule has 4 nitrogen and oxygen atoms in total. The van der Waals surface area contributed by atoms with E-state index in [9.17, 15) is 13.6 Å². The minimum absolute atomic E-state index is 0.0893. The molecule has 0 saturated carbocycles. The fourth-order valence-electron chi connectivity index (χ4n) is 2.15. The van der Waals surface area contributed by atoms with Crippen molar-refractivity contribution in [1.82, 2.24) is 4.98 Å². The molecule has 0 spiro atoms. The van der Waals surface area contributed by atoms with E-state index < -0.39 is 29.5 Å². The summed E-state index contributed by atoms with van der Waals surface area (Å²) >= 11 is 1.54. The van der Waals surface area contributed by atoms with Crippen molar-refractivity contribution >= 4 is 17.7 Å². The van der Waals surface area contributed by atoms with Crippen molar-refractivity contribution in [2.24, 2.45) is 0 Å². The summed E-state index contributed by atoms with van der Waals surface area (Å²) < 4.78 is 33.5. The van der Waals surface area contributed by atoms with Crippen molar-refractivity contribution in [1.29, 1.82) is 0 Å². The van der Waals surface area contributed by atoms with Gasteiger partial charge in [-0.1, -0.05) is 26.8 Å². The van der Waals surface area contributed by atoms with Crippen molar-refractivity contribution in [3.63, 3.8) is 0 Å². The summed E-state index contributed by atoms with van der Waals surface area (Å²) in [5.41, 5.74) is 0.692. The molecule has 0 bridgehead atoms. The van der Waals surface area contributed by atoms with E-state index in [0.717, 1.165) is 17.2 Å². The second-order valence-corrected chi connectivity index (χ2v) is 7.25. The molecule has 1 aromatic heterocycles. The first-order chi connectivity index (χ1) is 11.8. The van der Waals surface area contributed by atoms with Crippen LogP contribution in [0, 0.1) is 11.6 Å². The van der Waals surface area contributed by atoms with Crippen LogP contribution < -0.4 is 4.74 Å². The first kappa shape index (κ1) is 19.2. The third kappa shape index (κ3) is 4.92. The highest BCUT2D eigenvalue weighted by Crippen LogP contribution is 2.30. The highest BCUT2D eigenvalue weighted by Gasteiger charge is 2.22. The van der Waals surface area contributed by atoms with Crippen molar-refractivity contribution < 1.29 is 23.4 Å². The predicted molar refractivity (Wildman–Crippen MR) is 92.9 cm³/mol. The number of pyridine rings is 1. The van der Waals surface area contributed by atoms with Crippen LogP contribution >= 0.6 is 11.8 Å². The van der Waals surface area contributed by atoms with E-state index in [1.165, 1.54) is 0 Å². The van der Waals surface area contributed by atoms with E-state index in [4.69, 9.17) is 9.84 Å². The standard InChI is InChI=1S/C18H19F2NO3S/c1-4-15(18(22)23)24-17-12(19)8-11(9-13(17)20)14-6-5-7-16(21-14)25-10(2)3/h5-10,15H,4H2,1-3H3,(H,22,23). The molecular weight excluding hydrogens is 348 g/mol. The molecule has 7 heteroatoms. The first-order valence-electron chi connectivity index (χ1n) is 7.84. The number of aromatic nitrogens is 1. The summed E-state index contributed by atoms with van der Waals surface area (Å²) in [7, 11) is 0. The number of carbonyl (C=O) groups is 1. The zero-order valence-corrected chi connectivity index (χ0v) is 14.9. The molecule has 1 atom stereocenters. The predicted octanol–water partition coefficient (Wildman–Crippen LogP) is 4.77. The van der Waals surface area contributed by atoms with Crippen LogP contribution in [0.1, 0.15) is 27.2 Å². The Labute approximate surface area is 149 Å². The molecule has 1 aromatic carbocycles. The number of benzene rings is 1. The summed E-state index contributed by atoms with van der Waals surface area (Å²) in [4.78, 5) is 15.4. The largest absolute Gasteiger partial charge is 0.479 e. The van der Waals surface area contributed by atoms with Gasteiger partial charge >= 0.3 is 5.97 Å². The van der Waals surface area contributed by atoms with Crippen LogP contribution in [0.25, 0.3) is 11.3 Å². The third-order valence-corrected chi connectivity index (χ3v) is 4.22. The van der Waals surface area contributed by atoms with Gasteiger partial charge in [-0.25, -0.2) is 18.6 Å². The van der Waals surface area contributed by atoms with Gasteiger partial charge in [0.1, 0.15) is 0 Å². The molecule has 0 aliphatic carbocycles. The Bertz CT molecular complexity index is 745.